The smallest absolute Gasteiger partial charge is 0.416 e. The lowest BCUT2D eigenvalue weighted by Crippen LogP contribution is -2.08. The van der Waals surface area contributed by atoms with E-state index in [0.29, 0.717) is 30.0 Å². The number of aliphatic imine (C=N–C) groups is 1. The van der Waals surface area contributed by atoms with Crippen molar-refractivity contribution in [1.29, 1.82) is 0 Å². The summed E-state index contributed by atoms with van der Waals surface area (Å²) in [5.74, 6) is -0.328. The first-order chi connectivity index (χ1) is 15.2. The van der Waals surface area contributed by atoms with Crippen LogP contribution in [-0.4, -0.2) is 34.1 Å². The van der Waals surface area contributed by atoms with Gasteiger partial charge in [-0.2, -0.15) is 13.2 Å². The molecule has 4 nitrogen and oxygen atoms in total. The molecule has 0 aliphatic heterocycles. The van der Waals surface area contributed by atoms with Crippen molar-refractivity contribution in [2.75, 3.05) is 12.3 Å². The SMILES string of the molecule is C=C(CSc1cc(CC(=O)O)cc2cc[nH]c12)CC(=NCC)c1ccc(C(F)(F)F)cc1. The fourth-order valence-corrected chi connectivity index (χ4v) is 4.36. The van der Waals surface area contributed by atoms with Gasteiger partial charge in [-0.15, -0.1) is 11.8 Å². The summed E-state index contributed by atoms with van der Waals surface area (Å²) in [6, 6.07) is 10.6. The number of H-pyrrole nitrogens is 1. The first-order valence-electron chi connectivity index (χ1n) is 9.99. The van der Waals surface area contributed by atoms with Gasteiger partial charge in [0.2, 0.25) is 0 Å². The van der Waals surface area contributed by atoms with Crippen molar-refractivity contribution in [1.82, 2.24) is 4.98 Å². The molecular formula is C24H23F3N2O2S. The van der Waals surface area contributed by atoms with Crippen LogP contribution in [-0.2, 0) is 17.4 Å². The maximum absolute atomic E-state index is 12.8. The number of aliphatic carboxylic acids is 1. The number of benzene rings is 2. The number of carboxylic acids is 1. The van der Waals surface area contributed by atoms with E-state index in [2.05, 4.69) is 16.6 Å². The van der Waals surface area contributed by atoms with Gasteiger partial charge in [0, 0.05) is 40.9 Å². The largest absolute Gasteiger partial charge is 0.481 e. The molecule has 0 amide bonds. The molecule has 2 aromatic carbocycles. The van der Waals surface area contributed by atoms with Crippen LogP contribution in [0.5, 0.6) is 0 Å². The van der Waals surface area contributed by atoms with E-state index in [1.54, 1.807) is 0 Å². The number of hydrogen-bond acceptors (Lipinski definition) is 3. The normalized spacial score (nSPS) is 12.3. The summed E-state index contributed by atoms with van der Waals surface area (Å²) in [5, 5.41) is 10.1. The van der Waals surface area contributed by atoms with Crippen LogP contribution in [0.2, 0.25) is 0 Å². The van der Waals surface area contributed by atoms with Crippen LogP contribution in [0.25, 0.3) is 10.9 Å². The fraction of sp³-hybridized carbons (Fsp3) is 0.250. The lowest BCUT2D eigenvalue weighted by Gasteiger charge is -2.12. The van der Waals surface area contributed by atoms with Crippen molar-refractivity contribution in [2.24, 2.45) is 4.99 Å². The third kappa shape index (κ3) is 6.03. The summed E-state index contributed by atoms with van der Waals surface area (Å²) in [6.07, 6.45) is -2.18. The molecule has 0 saturated carbocycles. The molecule has 0 atom stereocenters. The molecule has 0 spiro atoms. The summed E-state index contributed by atoms with van der Waals surface area (Å²) < 4.78 is 38.5. The summed E-state index contributed by atoms with van der Waals surface area (Å²) in [5.41, 5.74) is 3.16. The molecule has 0 aliphatic rings. The lowest BCUT2D eigenvalue weighted by molar-refractivity contribution is -0.138. The average Bonchev–Trinajstić information content (AvgIpc) is 3.19. The molecule has 0 radical (unpaired) electrons. The zero-order valence-electron chi connectivity index (χ0n) is 17.5. The number of fused-ring (bicyclic) bond motifs is 1. The first kappa shape index (κ1) is 23.7. The van der Waals surface area contributed by atoms with Gasteiger partial charge in [-0.1, -0.05) is 24.3 Å². The Morgan fingerprint density at radius 2 is 1.91 bits per heavy atom. The van der Waals surface area contributed by atoms with Crippen molar-refractivity contribution >= 4 is 34.3 Å². The van der Waals surface area contributed by atoms with E-state index in [1.807, 2.05) is 31.3 Å². The maximum atomic E-state index is 12.8. The van der Waals surface area contributed by atoms with Gasteiger partial charge in [0.25, 0.3) is 0 Å². The Morgan fingerprint density at radius 1 is 1.19 bits per heavy atom. The van der Waals surface area contributed by atoms with E-state index in [9.17, 15) is 18.0 Å². The lowest BCUT2D eigenvalue weighted by atomic mass is 10.0. The summed E-state index contributed by atoms with van der Waals surface area (Å²) >= 11 is 1.54. The van der Waals surface area contributed by atoms with Crippen molar-refractivity contribution in [2.45, 2.75) is 30.8 Å². The van der Waals surface area contributed by atoms with E-state index in [1.165, 1.54) is 23.9 Å². The zero-order chi connectivity index (χ0) is 23.3. The number of aromatic amines is 1. The second-order valence-corrected chi connectivity index (χ2v) is 8.34. The topological polar surface area (TPSA) is 65.4 Å². The van der Waals surface area contributed by atoms with Gasteiger partial charge in [-0.3, -0.25) is 9.79 Å². The molecule has 3 aromatic rings. The Kier molecular flexibility index (Phi) is 7.45. The summed E-state index contributed by atoms with van der Waals surface area (Å²) in [7, 11) is 0. The van der Waals surface area contributed by atoms with Crippen LogP contribution in [0.3, 0.4) is 0 Å². The first-order valence-corrected chi connectivity index (χ1v) is 11.0. The highest BCUT2D eigenvalue weighted by Gasteiger charge is 2.30. The number of hydrogen-bond donors (Lipinski definition) is 2. The van der Waals surface area contributed by atoms with Crippen molar-refractivity contribution in [3.05, 3.63) is 77.5 Å². The molecule has 32 heavy (non-hydrogen) atoms. The van der Waals surface area contributed by atoms with Gasteiger partial charge >= 0.3 is 12.1 Å². The number of carboxylic acid groups (broad SMARTS) is 1. The molecule has 1 heterocycles. The maximum Gasteiger partial charge on any atom is 0.416 e. The van der Waals surface area contributed by atoms with Gasteiger partial charge in [0.1, 0.15) is 0 Å². The van der Waals surface area contributed by atoms with Crippen LogP contribution in [0.1, 0.15) is 30.0 Å². The van der Waals surface area contributed by atoms with Gasteiger partial charge < -0.3 is 10.1 Å². The molecule has 0 fully saturated rings. The molecule has 0 unspecified atom stereocenters. The molecule has 1 aromatic heterocycles. The fourth-order valence-electron chi connectivity index (χ4n) is 3.35. The standard InChI is InChI=1S/C24H23F3N2O2S/c1-3-28-20(17-4-6-19(7-5-17)24(25,26)27)10-15(2)14-32-21-12-16(13-22(30)31)11-18-8-9-29-23(18)21/h4-9,11-12,29H,2-3,10,13-14H2,1H3,(H,30,31). The second-order valence-electron chi connectivity index (χ2n) is 7.32. The zero-order valence-corrected chi connectivity index (χ0v) is 18.3. The average molecular weight is 461 g/mol. The Balaban J connectivity index is 1.72. The van der Waals surface area contributed by atoms with Crippen molar-refractivity contribution in [3.8, 4) is 0 Å². The highest BCUT2D eigenvalue weighted by molar-refractivity contribution is 7.99. The molecule has 0 aliphatic carbocycles. The Morgan fingerprint density at radius 3 is 2.53 bits per heavy atom. The van der Waals surface area contributed by atoms with Gasteiger partial charge in [-0.25, -0.2) is 0 Å². The van der Waals surface area contributed by atoms with Crippen LogP contribution >= 0.6 is 11.8 Å². The van der Waals surface area contributed by atoms with E-state index in [4.69, 9.17) is 5.11 Å². The Hall–Kier alpha value is -3.00. The Labute approximate surface area is 188 Å². The van der Waals surface area contributed by atoms with Crippen LogP contribution in [0.4, 0.5) is 13.2 Å². The van der Waals surface area contributed by atoms with Gasteiger partial charge in [0.05, 0.1) is 17.5 Å². The second kappa shape index (κ2) is 10.1. The van der Waals surface area contributed by atoms with E-state index < -0.39 is 17.7 Å². The monoisotopic (exact) mass is 460 g/mol. The summed E-state index contributed by atoms with van der Waals surface area (Å²) in [4.78, 5) is 19.7. The molecule has 0 saturated heterocycles. The predicted molar refractivity (Wildman–Crippen MR) is 123 cm³/mol. The predicted octanol–water partition coefficient (Wildman–Crippen LogP) is 6.36. The molecule has 8 heteroatoms. The molecule has 3 rings (SSSR count). The van der Waals surface area contributed by atoms with Gasteiger partial charge in [-0.05, 0) is 48.4 Å². The number of nitrogens with zero attached hydrogens (tertiary/aromatic N) is 1. The van der Waals surface area contributed by atoms with Crippen molar-refractivity contribution < 1.29 is 23.1 Å². The quantitative estimate of drug-likeness (QED) is 0.222. The Bertz CT molecular complexity index is 1150. The number of aromatic nitrogens is 1. The minimum atomic E-state index is -4.38. The van der Waals surface area contributed by atoms with Crippen LogP contribution in [0.15, 0.2) is 70.7 Å². The van der Waals surface area contributed by atoms with E-state index in [-0.39, 0.29) is 6.42 Å². The van der Waals surface area contributed by atoms with E-state index in [0.717, 1.165) is 39.1 Å². The number of rotatable bonds is 9. The summed E-state index contributed by atoms with van der Waals surface area (Å²) in [6.45, 7) is 6.51. The molecule has 168 valence electrons. The highest BCUT2D eigenvalue weighted by Crippen LogP contribution is 2.32. The minimum absolute atomic E-state index is 0.0587. The minimum Gasteiger partial charge on any atom is -0.481 e. The van der Waals surface area contributed by atoms with E-state index >= 15 is 0 Å². The number of thioether (sulfide) groups is 1. The number of alkyl halides is 3. The molecular weight excluding hydrogens is 437 g/mol. The number of nitrogens with one attached hydrogen (secondary N) is 1. The van der Waals surface area contributed by atoms with Crippen molar-refractivity contribution in [3.63, 3.8) is 0 Å². The molecule has 2 N–H and O–H groups in total. The number of carbonyl (C=O) groups is 1. The third-order valence-electron chi connectivity index (χ3n) is 4.78. The van der Waals surface area contributed by atoms with Gasteiger partial charge in [0.15, 0.2) is 0 Å². The molecule has 0 bridgehead atoms. The van der Waals surface area contributed by atoms with Crippen LogP contribution < -0.4 is 0 Å². The number of halogens is 3. The van der Waals surface area contributed by atoms with Crippen LogP contribution in [0, 0.1) is 0 Å². The highest BCUT2D eigenvalue weighted by atomic mass is 32.2. The third-order valence-corrected chi connectivity index (χ3v) is 5.97.